The zero-order valence-corrected chi connectivity index (χ0v) is 17.7. The van der Waals surface area contributed by atoms with Crippen molar-refractivity contribution >= 4 is 22.2 Å². The number of methoxy groups -OCH3 is 2. The molecule has 7 heteroatoms. The Morgan fingerprint density at radius 3 is 2.37 bits per heavy atom. The Kier molecular flexibility index (Phi) is 5.99. The minimum Gasteiger partial charge on any atom is -0.497 e. The van der Waals surface area contributed by atoms with Crippen molar-refractivity contribution in [3.63, 3.8) is 0 Å². The molecular weight excluding hydrogens is 398 g/mol. The molecule has 4 aromatic rings. The van der Waals surface area contributed by atoms with E-state index in [0.29, 0.717) is 6.42 Å². The average Bonchev–Trinajstić information content (AvgIpc) is 3.35. The molecule has 0 saturated heterocycles. The smallest absolute Gasteiger partial charge is 0.226 e. The number of benzene rings is 2. The second-order valence-electron chi connectivity index (χ2n) is 6.95. The Morgan fingerprint density at radius 2 is 1.73 bits per heavy atom. The van der Waals surface area contributed by atoms with Gasteiger partial charge in [0.2, 0.25) is 5.91 Å². The van der Waals surface area contributed by atoms with Crippen LogP contribution in [0.15, 0.2) is 66.3 Å². The molecule has 154 valence electrons. The van der Waals surface area contributed by atoms with Gasteiger partial charge in [0.25, 0.3) is 0 Å². The summed E-state index contributed by atoms with van der Waals surface area (Å²) in [7, 11) is 3.29. The fourth-order valence-corrected chi connectivity index (χ4v) is 4.08. The maximum absolute atomic E-state index is 12.8. The van der Waals surface area contributed by atoms with Crippen molar-refractivity contribution in [1.82, 2.24) is 14.7 Å². The fourth-order valence-electron chi connectivity index (χ4n) is 3.36. The highest BCUT2D eigenvalue weighted by molar-refractivity contribution is 7.15. The van der Waals surface area contributed by atoms with Crippen LogP contribution < -0.4 is 14.8 Å². The number of fused-ring (bicyclic) bond motifs is 1. The number of aromatic nitrogens is 2. The molecule has 0 bridgehead atoms. The average molecular weight is 422 g/mol. The fraction of sp³-hybridized carbons (Fsp3) is 0.217. The zero-order chi connectivity index (χ0) is 20.9. The van der Waals surface area contributed by atoms with Crippen LogP contribution in [0.25, 0.3) is 4.96 Å². The van der Waals surface area contributed by atoms with E-state index in [1.54, 1.807) is 25.6 Å². The zero-order valence-electron chi connectivity index (χ0n) is 16.9. The van der Waals surface area contributed by atoms with Gasteiger partial charge in [-0.3, -0.25) is 9.20 Å². The molecule has 0 fully saturated rings. The molecule has 1 amide bonds. The lowest BCUT2D eigenvalue weighted by atomic mass is 9.98. The van der Waals surface area contributed by atoms with Crippen LogP contribution in [0.3, 0.4) is 0 Å². The summed E-state index contributed by atoms with van der Waals surface area (Å²) >= 11 is 1.55. The molecule has 0 aliphatic carbocycles. The number of thiazole rings is 1. The van der Waals surface area contributed by atoms with Gasteiger partial charge in [0.1, 0.15) is 11.5 Å². The van der Waals surface area contributed by atoms with Gasteiger partial charge >= 0.3 is 0 Å². The highest BCUT2D eigenvalue weighted by Crippen LogP contribution is 2.23. The number of rotatable bonds is 8. The second kappa shape index (κ2) is 9.00. The number of hydrogen-bond donors (Lipinski definition) is 1. The molecule has 6 nitrogen and oxygen atoms in total. The van der Waals surface area contributed by atoms with Gasteiger partial charge < -0.3 is 14.8 Å². The Labute approximate surface area is 179 Å². The topological polar surface area (TPSA) is 64.9 Å². The van der Waals surface area contributed by atoms with Crippen LogP contribution >= 0.6 is 11.3 Å². The number of carbonyl (C=O) groups is 1. The summed E-state index contributed by atoms with van der Waals surface area (Å²) in [5.74, 6) is 1.53. The van der Waals surface area contributed by atoms with Gasteiger partial charge in [-0.15, -0.1) is 11.3 Å². The third-order valence-corrected chi connectivity index (χ3v) is 5.71. The van der Waals surface area contributed by atoms with Crippen molar-refractivity contribution in [3.05, 3.63) is 83.1 Å². The van der Waals surface area contributed by atoms with Gasteiger partial charge in [0.05, 0.1) is 32.4 Å². The Bertz CT molecular complexity index is 1090. The molecule has 0 aliphatic rings. The summed E-state index contributed by atoms with van der Waals surface area (Å²) in [6.45, 7) is 0. The monoisotopic (exact) mass is 421 g/mol. The Hall–Kier alpha value is -3.32. The summed E-state index contributed by atoms with van der Waals surface area (Å²) in [6.07, 6.45) is 4.75. The van der Waals surface area contributed by atoms with Crippen molar-refractivity contribution in [3.8, 4) is 11.5 Å². The van der Waals surface area contributed by atoms with Gasteiger partial charge in [-0.2, -0.15) is 0 Å². The normalized spacial score (nSPS) is 11.9. The molecule has 1 unspecified atom stereocenters. The lowest BCUT2D eigenvalue weighted by Gasteiger charge is -2.20. The van der Waals surface area contributed by atoms with Crippen molar-refractivity contribution in [2.24, 2.45) is 0 Å². The van der Waals surface area contributed by atoms with Crippen molar-refractivity contribution in [2.75, 3.05) is 14.2 Å². The molecular formula is C23H23N3O3S. The first kappa shape index (κ1) is 20.0. The number of carbonyl (C=O) groups excluding carboxylic acids is 1. The predicted octanol–water partition coefficient (Wildman–Crippen LogP) is 4.06. The minimum absolute atomic E-state index is 0.0601. The Balaban J connectivity index is 1.51. The lowest BCUT2D eigenvalue weighted by Crippen LogP contribution is -2.31. The molecule has 0 aliphatic heterocycles. The van der Waals surface area contributed by atoms with E-state index in [4.69, 9.17) is 9.47 Å². The minimum atomic E-state index is -0.166. The summed E-state index contributed by atoms with van der Waals surface area (Å²) in [5, 5.41) is 5.15. The van der Waals surface area contributed by atoms with Crippen molar-refractivity contribution in [2.45, 2.75) is 18.9 Å². The SMILES string of the molecule is COc1ccc(CC(NC(=O)Cc2cn3ccsc3n2)c2ccc(OC)cc2)cc1. The van der Waals surface area contributed by atoms with Gasteiger partial charge in [0.15, 0.2) is 4.96 Å². The third kappa shape index (κ3) is 4.63. The number of hydrogen-bond acceptors (Lipinski definition) is 5. The third-order valence-electron chi connectivity index (χ3n) is 4.94. The number of nitrogens with one attached hydrogen (secondary N) is 1. The summed E-state index contributed by atoms with van der Waals surface area (Å²) in [5.41, 5.74) is 2.89. The van der Waals surface area contributed by atoms with Crippen molar-refractivity contribution in [1.29, 1.82) is 0 Å². The molecule has 0 spiro atoms. The van der Waals surface area contributed by atoms with E-state index in [0.717, 1.165) is 33.3 Å². The van der Waals surface area contributed by atoms with Crippen LogP contribution in [0, 0.1) is 0 Å². The van der Waals surface area contributed by atoms with Gasteiger partial charge in [0, 0.05) is 17.8 Å². The van der Waals surface area contributed by atoms with Crippen LogP contribution in [0.4, 0.5) is 0 Å². The molecule has 0 saturated carbocycles. The second-order valence-corrected chi connectivity index (χ2v) is 7.82. The summed E-state index contributed by atoms with van der Waals surface area (Å²) in [4.78, 5) is 18.2. The number of nitrogens with zero attached hydrogens (tertiary/aromatic N) is 2. The van der Waals surface area contributed by atoms with E-state index in [1.807, 2.05) is 70.7 Å². The maximum atomic E-state index is 12.8. The first-order chi connectivity index (χ1) is 14.6. The van der Waals surface area contributed by atoms with Crippen LogP contribution in [0.2, 0.25) is 0 Å². The molecule has 30 heavy (non-hydrogen) atoms. The standard InChI is InChI=1S/C23H23N3O3S/c1-28-19-7-3-16(4-8-19)13-21(17-5-9-20(29-2)10-6-17)25-22(27)14-18-15-26-11-12-30-23(26)24-18/h3-12,15,21H,13-14H2,1-2H3,(H,25,27). The van der Waals surface area contributed by atoms with Crippen LogP contribution in [-0.4, -0.2) is 29.5 Å². The molecule has 1 atom stereocenters. The van der Waals surface area contributed by atoms with Crippen LogP contribution in [0.5, 0.6) is 11.5 Å². The van der Waals surface area contributed by atoms with E-state index in [2.05, 4.69) is 10.3 Å². The van der Waals surface area contributed by atoms with E-state index in [-0.39, 0.29) is 18.4 Å². The largest absolute Gasteiger partial charge is 0.497 e. The number of ether oxygens (including phenoxy) is 2. The summed E-state index contributed by atoms with van der Waals surface area (Å²) < 4.78 is 12.4. The first-order valence-electron chi connectivity index (χ1n) is 9.62. The molecule has 4 rings (SSSR count). The number of amides is 1. The van der Waals surface area contributed by atoms with Crippen LogP contribution in [0.1, 0.15) is 22.9 Å². The quantitative estimate of drug-likeness (QED) is 0.466. The van der Waals surface area contributed by atoms with E-state index in [9.17, 15) is 4.79 Å². The number of imidazole rings is 1. The molecule has 2 aromatic heterocycles. The first-order valence-corrected chi connectivity index (χ1v) is 10.5. The van der Waals surface area contributed by atoms with Gasteiger partial charge in [-0.05, 0) is 41.8 Å². The predicted molar refractivity (Wildman–Crippen MR) is 117 cm³/mol. The van der Waals surface area contributed by atoms with Gasteiger partial charge in [-0.25, -0.2) is 4.98 Å². The van der Waals surface area contributed by atoms with E-state index < -0.39 is 0 Å². The van der Waals surface area contributed by atoms with Crippen molar-refractivity contribution < 1.29 is 14.3 Å². The highest BCUT2D eigenvalue weighted by Gasteiger charge is 2.17. The van der Waals surface area contributed by atoms with E-state index in [1.165, 1.54) is 0 Å². The Morgan fingerprint density at radius 1 is 1.07 bits per heavy atom. The lowest BCUT2D eigenvalue weighted by molar-refractivity contribution is -0.121. The van der Waals surface area contributed by atoms with Crippen LogP contribution in [-0.2, 0) is 17.6 Å². The molecule has 0 radical (unpaired) electrons. The summed E-state index contributed by atoms with van der Waals surface area (Å²) in [6, 6.07) is 15.5. The van der Waals surface area contributed by atoms with Gasteiger partial charge in [-0.1, -0.05) is 24.3 Å². The maximum Gasteiger partial charge on any atom is 0.226 e. The molecule has 1 N–H and O–H groups in total. The molecule has 2 heterocycles. The van der Waals surface area contributed by atoms with E-state index >= 15 is 0 Å². The molecule has 2 aromatic carbocycles. The highest BCUT2D eigenvalue weighted by atomic mass is 32.1.